The monoisotopic (exact) mass is 314 g/mol. The standard InChI is InChI=1S/C10H13F3N2O2S2/c1-6-8(4-7(5-14)18-6)19(16,17)15-9(2-3-9)10(11,12)13/h4,15H,2-3,5,14H2,1H3. The van der Waals surface area contributed by atoms with Crippen LogP contribution in [0.4, 0.5) is 13.2 Å². The van der Waals surface area contributed by atoms with Crippen LogP contribution in [-0.2, 0) is 16.6 Å². The van der Waals surface area contributed by atoms with Gasteiger partial charge < -0.3 is 5.73 Å². The predicted molar refractivity (Wildman–Crippen MR) is 65.3 cm³/mol. The van der Waals surface area contributed by atoms with E-state index in [1.165, 1.54) is 17.4 Å². The Balaban J connectivity index is 2.31. The second-order valence-electron chi connectivity index (χ2n) is 4.52. The van der Waals surface area contributed by atoms with Crippen LogP contribution < -0.4 is 10.5 Å². The normalized spacial score (nSPS) is 18.6. The minimum absolute atomic E-state index is 0.117. The van der Waals surface area contributed by atoms with E-state index in [9.17, 15) is 21.6 Å². The Bertz CT molecular complexity index is 588. The van der Waals surface area contributed by atoms with E-state index < -0.39 is 21.7 Å². The highest BCUT2D eigenvalue weighted by atomic mass is 32.2. The zero-order valence-corrected chi connectivity index (χ0v) is 11.7. The van der Waals surface area contributed by atoms with Gasteiger partial charge in [0.25, 0.3) is 0 Å². The summed E-state index contributed by atoms with van der Waals surface area (Å²) in [6.45, 7) is 1.71. The summed E-state index contributed by atoms with van der Waals surface area (Å²) in [6, 6.07) is 1.33. The van der Waals surface area contributed by atoms with E-state index in [0.717, 1.165) is 0 Å². The molecule has 3 N–H and O–H groups in total. The maximum absolute atomic E-state index is 12.8. The van der Waals surface area contributed by atoms with Crippen LogP contribution in [0.2, 0.25) is 0 Å². The van der Waals surface area contributed by atoms with Gasteiger partial charge >= 0.3 is 6.18 Å². The van der Waals surface area contributed by atoms with Gasteiger partial charge in [-0.25, -0.2) is 8.42 Å². The van der Waals surface area contributed by atoms with Gasteiger partial charge in [0.05, 0.1) is 4.90 Å². The van der Waals surface area contributed by atoms with Crippen LogP contribution in [0.5, 0.6) is 0 Å². The van der Waals surface area contributed by atoms with Crippen LogP contribution in [0.1, 0.15) is 22.6 Å². The Morgan fingerprint density at radius 2 is 2.05 bits per heavy atom. The predicted octanol–water partition coefficient (Wildman–Crippen LogP) is 1.89. The number of nitrogens with two attached hydrogens (primary N) is 1. The number of alkyl halides is 3. The molecule has 0 aromatic carbocycles. The second kappa shape index (κ2) is 4.44. The molecule has 1 aliphatic rings. The Kier molecular flexibility index (Phi) is 3.45. The molecule has 1 fully saturated rings. The number of sulfonamides is 1. The number of hydrogen-bond acceptors (Lipinski definition) is 4. The Hall–Kier alpha value is -0.640. The van der Waals surface area contributed by atoms with Gasteiger partial charge in [0, 0.05) is 16.3 Å². The number of nitrogens with one attached hydrogen (secondary N) is 1. The van der Waals surface area contributed by atoms with Gasteiger partial charge in [-0.15, -0.1) is 11.3 Å². The van der Waals surface area contributed by atoms with Crippen LogP contribution in [0.15, 0.2) is 11.0 Å². The van der Waals surface area contributed by atoms with Gasteiger partial charge in [-0.3, -0.25) is 0 Å². The third kappa shape index (κ3) is 2.64. The third-order valence-electron chi connectivity index (χ3n) is 3.04. The van der Waals surface area contributed by atoms with Crippen LogP contribution >= 0.6 is 11.3 Å². The third-order valence-corrected chi connectivity index (χ3v) is 5.90. The molecule has 0 aliphatic heterocycles. The quantitative estimate of drug-likeness (QED) is 0.891. The maximum atomic E-state index is 12.8. The molecular weight excluding hydrogens is 301 g/mol. The summed E-state index contributed by atoms with van der Waals surface area (Å²) in [5, 5.41) is 0. The maximum Gasteiger partial charge on any atom is 0.407 e. The Morgan fingerprint density at radius 3 is 2.42 bits per heavy atom. The minimum atomic E-state index is -4.57. The van der Waals surface area contributed by atoms with Crippen molar-refractivity contribution in [3.63, 3.8) is 0 Å². The summed E-state index contributed by atoms with van der Waals surface area (Å²) in [6.07, 6.45) is -5.01. The van der Waals surface area contributed by atoms with Crippen LogP contribution in [0.25, 0.3) is 0 Å². The van der Waals surface area contributed by atoms with Crippen LogP contribution in [0.3, 0.4) is 0 Å². The lowest BCUT2D eigenvalue weighted by Gasteiger charge is -2.20. The van der Waals surface area contributed by atoms with Gasteiger partial charge in [0.2, 0.25) is 10.0 Å². The molecule has 0 amide bonds. The average Bonchev–Trinajstić information content (AvgIpc) is 2.92. The number of rotatable bonds is 4. The van der Waals surface area contributed by atoms with Gasteiger partial charge in [-0.2, -0.15) is 17.9 Å². The van der Waals surface area contributed by atoms with Crippen molar-refractivity contribution in [3.05, 3.63) is 15.8 Å². The zero-order valence-electron chi connectivity index (χ0n) is 10.0. The fraction of sp³-hybridized carbons (Fsp3) is 0.600. The van der Waals surface area contributed by atoms with E-state index >= 15 is 0 Å². The molecule has 0 bridgehead atoms. The smallest absolute Gasteiger partial charge is 0.326 e. The van der Waals surface area contributed by atoms with Crippen molar-refractivity contribution in [3.8, 4) is 0 Å². The van der Waals surface area contributed by atoms with Crippen LogP contribution in [0, 0.1) is 6.92 Å². The van der Waals surface area contributed by atoms with Crippen molar-refractivity contribution in [2.75, 3.05) is 0 Å². The zero-order chi connectivity index (χ0) is 14.5. The highest BCUT2D eigenvalue weighted by Crippen LogP contribution is 2.50. The molecule has 0 saturated heterocycles. The molecule has 2 rings (SSSR count). The fourth-order valence-corrected chi connectivity index (χ4v) is 4.73. The molecular formula is C10H13F3N2O2S2. The summed E-state index contributed by atoms with van der Waals surface area (Å²) in [5.74, 6) is 0. The van der Waals surface area contributed by atoms with E-state index in [-0.39, 0.29) is 24.3 Å². The first-order valence-electron chi connectivity index (χ1n) is 5.51. The Morgan fingerprint density at radius 1 is 1.47 bits per heavy atom. The lowest BCUT2D eigenvalue weighted by Crippen LogP contribution is -2.47. The summed E-state index contributed by atoms with van der Waals surface area (Å²) in [4.78, 5) is 0.939. The van der Waals surface area contributed by atoms with Gasteiger partial charge in [-0.05, 0) is 25.8 Å². The van der Waals surface area contributed by atoms with E-state index in [0.29, 0.717) is 9.75 Å². The van der Waals surface area contributed by atoms with Crippen molar-refractivity contribution in [1.29, 1.82) is 0 Å². The summed E-state index contributed by atoms with van der Waals surface area (Å²) >= 11 is 1.17. The summed E-state index contributed by atoms with van der Waals surface area (Å²) in [7, 11) is -4.17. The topological polar surface area (TPSA) is 72.2 Å². The molecule has 1 aromatic rings. The van der Waals surface area contributed by atoms with E-state index in [2.05, 4.69) is 0 Å². The highest BCUT2D eigenvalue weighted by Gasteiger charge is 2.65. The molecule has 0 atom stereocenters. The first-order valence-corrected chi connectivity index (χ1v) is 7.81. The number of hydrogen-bond donors (Lipinski definition) is 2. The molecule has 4 nitrogen and oxygen atoms in total. The molecule has 19 heavy (non-hydrogen) atoms. The molecule has 1 aliphatic carbocycles. The number of aryl methyl sites for hydroxylation is 1. The summed E-state index contributed by atoms with van der Waals surface area (Å²) in [5.41, 5.74) is 3.11. The second-order valence-corrected chi connectivity index (χ2v) is 7.51. The first-order chi connectivity index (χ1) is 8.61. The van der Waals surface area contributed by atoms with E-state index in [1.807, 2.05) is 0 Å². The van der Waals surface area contributed by atoms with Crippen molar-refractivity contribution >= 4 is 21.4 Å². The largest absolute Gasteiger partial charge is 0.407 e. The lowest BCUT2D eigenvalue weighted by molar-refractivity contribution is -0.160. The first kappa shape index (κ1) is 14.8. The summed E-state index contributed by atoms with van der Waals surface area (Å²) < 4.78 is 64.2. The minimum Gasteiger partial charge on any atom is -0.326 e. The Labute approximate surface area is 112 Å². The molecule has 0 radical (unpaired) electrons. The molecule has 108 valence electrons. The average molecular weight is 314 g/mol. The highest BCUT2D eigenvalue weighted by molar-refractivity contribution is 7.89. The van der Waals surface area contributed by atoms with Crippen LogP contribution in [-0.4, -0.2) is 20.1 Å². The van der Waals surface area contributed by atoms with Gasteiger partial charge in [-0.1, -0.05) is 0 Å². The van der Waals surface area contributed by atoms with E-state index in [1.54, 1.807) is 11.6 Å². The van der Waals surface area contributed by atoms with Crippen molar-refractivity contribution in [2.24, 2.45) is 5.73 Å². The molecule has 9 heteroatoms. The van der Waals surface area contributed by atoms with E-state index in [4.69, 9.17) is 5.73 Å². The molecule has 1 aromatic heterocycles. The fourth-order valence-electron chi connectivity index (χ4n) is 1.77. The molecule has 0 spiro atoms. The molecule has 1 saturated carbocycles. The number of thiophene rings is 1. The lowest BCUT2D eigenvalue weighted by atomic mass is 10.3. The van der Waals surface area contributed by atoms with Crippen molar-refractivity contribution < 1.29 is 21.6 Å². The molecule has 1 heterocycles. The van der Waals surface area contributed by atoms with Crippen molar-refractivity contribution in [2.45, 2.75) is 42.9 Å². The van der Waals surface area contributed by atoms with Gasteiger partial charge in [0.1, 0.15) is 5.54 Å². The SMILES string of the molecule is Cc1sc(CN)cc1S(=O)(=O)NC1(C(F)(F)F)CC1. The van der Waals surface area contributed by atoms with Crippen molar-refractivity contribution in [1.82, 2.24) is 4.72 Å². The number of halogens is 3. The van der Waals surface area contributed by atoms with Gasteiger partial charge in [0.15, 0.2) is 0 Å². The molecule has 0 unspecified atom stereocenters.